The summed E-state index contributed by atoms with van der Waals surface area (Å²) in [4.78, 5) is 10.8. The SMILES string of the molecule is CC1CN(c2ccncc2Nc2ncc3ccc(-c4c(F)cc(OCCO)cc4F)nn23)CC(N)C1OCCC#N. The number of benzene rings is 1. The minimum absolute atomic E-state index is 0.0280. The second-order valence-corrected chi connectivity index (χ2v) is 9.78. The van der Waals surface area contributed by atoms with Crippen LogP contribution in [0.5, 0.6) is 5.75 Å². The second kappa shape index (κ2) is 12.4. The van der Waals surface area contributed by atoms with Gasteiger partial charge in [0.25, 0.3) is 0 Å². The first-order chi connectivity index (χ1) is 19.9. The molecule has 3 atom stereocenters. The lowest BCUT2D eigenvalue weighted by atomic mass is 9.92. The molecule has 214 valence electrons. The number of fused-ring (bicyclic) bond motifs is 1. The highest BCUT2D eigenvalue weighted by atomic mass is 19.1. The first kappa shape index (κ1) is 28.2. The molecule has 4 heterocycles. The Labute approximate surface area is 235 Å². The van der Waals surface area contributed by atoms with Gasteiger partial charge in [-0.05, 0) is 18.2 Å². The minimum atomic E-state index is -0.848. The molecule has 4 N–H and O–H groups in total. The number of nitrogens with zero attached hydrogens (tertiary/aromatic N) is 6. The van der Waals surface area contributed by atoms with Crippen molar-refractivity contribution in [3.8, 4) is 23.1 Å². The number of aliphatic hydroxyl groups excluding tert-OH is 1. The third-order valence-corrected chi connectivity index (χ3v) is 6.85. The number of rotatable bonds is 10. The maximum absolute atomic E-state index is 14.9. The van der Waals surface area contributed by atoms with Crippen molar-refractivity contribution in [3.63, 3.8) is 0 Å². The number of nitrogens with one attached hydrogen (secondary N) is 1. The fourth-order valence-corrected chi connectivity index (χ4v) is 5.05. The largest absolute Gasteiger partial charge is 0.491 e. The zero-order valence-electron chi connectivity index (χ0n) is 22.4. The molecule has 0 bridgehead atoms. The maximum atomic E-state index is 14.9. The number of halogens is 2. The number of pyridine rings is 1. The molecule has 13 heteroatoms. The first-order valence-corrected chi connectivity index (χ1v) is 13.2. The summed E-state index contributed by atoms with van der Waals surface area (Å²) in [5.74, 6) is -1.29. The van der Waals surface area contributed by atoms with Crippen molar-refractivity contribution in [2.75, 3.05) is 43.1 Å². The van der Waals surface area contributed by atoms with Crippen LogP contribution in [0.15, 0.2) is 48.9 Å². The normalized spacial score (nSPS) is 18.8. The van der Waals surface area contributed by atoms with E-state index in [0.29, 0.717) is 43.3 Å². The third kappa shape index (κ3) is 6.04. The summed E-state index contributed by atoms with van der Waals surface area (Å²) < 4.78 is 42.3. The van der Waals surface area contributed by atoms with Gasteiger partial charge in [0, 0.05) is 43.4 Å². The average molecular weight is 565 g/mol. The molecule has 1 saturated heterocycles. The van der Waals surface area contributed by atoms with Gasteiger partial charge in [0.1, 0.15) is 24.0 Å². The van der Waals surface area contributed by atoms with Gasteiger partial charge in [-0.3, -0.25) is 4.98 Å². The van der Waals surface area contributed by atoms with E-state index in [1.807, 2.05) is 6.07 Å². The van der Waals surface area contributed by atoms with Gasteiger partial charge in [0.2, 0.25) is 5.95 Å². The summed E-state index contributed by atoms with van der Waals surface area (Å²) in [5.41, 5.74) is 8.33. The van der Waals surface area contributed by atoms with E-state index < -0.39 is 11.6 Å². The zero-order valence-corrected chi connectivity index (χ0v) is 22.4. The van der Waals surface area contributed by atoms with Crippen LogP contribution in [-0.4, -0.2) is 69.7 Å². The molecule has 1 fully saturated rings. The standard InChI is InChI=1S/C28H30F2N8O3/c1-17-15-37(16-22(32)27(17)41-9-2-6-31)25-5-7-33-14-24(25)35-28-34-13-18-3-4-23(36-38(18)28)26-20(29)11-19(12-21(26)30)40-10-8-39/h3-5,7,11-14,17,22,27,39H,2,8-10,15-16,32H2,1H3,(H,34,35). The second-order valence-electron chi connectivity index (χ2n) is 9.78. The fourth-order valence-electron chi connectivity index (χ4n) is 5.05. The Morgan fingerprint density at radius 3 is 2.71 bits per heavy atom. The van der Waals surface area contributed by atoms with Gasteiger partial charge in [0.05, 0.1) is 72.4 Å². The molecule has 3 unspecified atom stereocenters. The predicted molar refractivity (Wildman–Crippen MR) is 148 cm³/mol. The van der Waals surface area contributed by atoms with E-state index in [4.69, 9.17) is 25.6 Å². The van der Waals surface area contributed by atoms with Crippen molar-refractivity contribution in [2.24, 2.45) is 11.7 Å². The topological polar surface area (TPSA) is 147 Å². The number of hydrogen-bond acceptors (Lipinski definition) is 10. The van der Waals surface area contributed by atoms with Crippen LogP contribution in [0.1, 0.15) is 13.3 Å². The Bertz CT molecular complexity index is 1520. The number of aliphatic hydroxyl groups is 1. The number of aromatic nitrogens is 4. The van der Waals surface area contributed by atoms with E-state index in [0.717, 1.165) is 17.8 Å². The van der Waals surface area contributed by atoms with Crippen molar-refractivity contribution >= 4 is 22.8 Å². The number of piperidine rings is 1. The Kier molecular flexibility index (Phi) is 8.53. The number of nitrogens with two attached hydrogens (primary N) is 1. The average Bonchev–Trinajstić information content (AvgIpc) is 3.35. The predicted octanol–water partition coefficient (Wildman–Crippen LogP) is 3.27. The highest BCUT2D eigenvalue weighted by Gasteiger charge is 2.34. The summed E-state index contributed by atoms with van der Waals surface area (Å²) in [6.07, 6.45) is 5.10. The van der Waals surface area contributed by atoms with Crippen LogP contribution in [0, 0.1) is 28.9 Å². The number of hydrogen-bond donors (Lipinski definition) is 3. The molecule has 1 aromatic carbocycles. The molecule has 3 aromatic heterocycles. The lowest BCUT2D eigenvalue weighted by molar-refractivity contribution is -0.00331. The number of ether oxygens (including phenoxy) is 2. The van der Waals surface area contributed by atoms with Crippen molar-refractivity contribution in [3.05, 3.63) is 60.6 Å². The molecule has 0 spiro atoms. The number of imidazole rings is 1. The highest BCUT2D eigenvalue weighted by molar-refractivity contribution is 5.74. The smallest absolute Gasteiger partial charge is 0.229 e. The number of nitriles is 1. The van der Waals surface area contributed by atoms with Crippen LogP contribution in [0.25, 0.3) is 16.8 Å². The molecule has 4 aromatic rings. The Morgan fingerprint density at radius 2 is 1.98 bits per heavy atom. The molecule has 0 saturated carbocycles. The molecule has 5 rings (SSSR count). The summed E-state index contributed by atoms with van der Waals surface area (Å²) in [6.45, 7) is 3.25. The van der Waals surface area contributed by atoms with Crippen LogP contribution >= 0.6 is 0 Å². The van der Waals surface area contributed by atoms with Gasteiger partial charge < -0.3 is 30.5 Å². The van der Waals surface area contributed by atoms with Crippen molar-refractivity contribution < 1.29 is 23.4 Å². The Balaban J connectivity index is 1.40. The highest BCUT2D eigenvalue weighted by Crippen LogP contribution is 2.33. The van der Waals surface area contributed by atoms with Crippen molar-refractivity contribution in [1.29, 1.82) is 5.26 Å². The molecular formula is C28H30F2N8O3. The summed E-state index contributed by atoms with van der Waals surface area (Å²) in [5, 5.41) is 25.4. The molecule has 0 amide bonds. The van der Waals surface area contributed by atoms with Crippen LogP contribution < -0.4 is 20.7 Å². The maximum Gasteiger partial charge on any atom is 0.229 e. The van der Waals surface area contributed by atoms with Gasteiger partial charge in [0.15, 0.2) is 0 Å². The van der Waals surface area contributed by atoms with E-state index in [2.05, 4.69) is 38.3 Å². The lowest BCUT2D eigenvalue weighted by Crippen LogP contribution is -2.56. The molecule has 1 aliphatic heterocycles. The fraction of sp³-hybridized carbons (Fsp3) is 0.357. The third-order valence-electron chi connectivity index (χ3n) is 6.85. The van der Waals surface area contributed by atoms with E-state index in [9.17, 15) is 8.78 Å². The molecule has 0 radical (unpaired) electrons. The number of anilines is 3. The van der Waals surface area contributed by atoms with Gasteiger partial charge in [-0.25, -0.2) is 13.8 Å². The van der Waals surface area contributed by atoms with E-state index >= 15 is 0 Å². The van der Waals surface area contributed by atoms with Crippen LogP contribution in [0.3, 0.4) is 0 Å². The monoisotopic (exact) mass is 564 g/mol. The molecule has 1 aliphatic rings. The van der Waals surface area contributed by atoms with Crippen LogP contribution in [-0.2, 0) is 4.74 Å². The zero-order chi connectivity index (χ0) is 28.9. The van der Waals surface area contributed by atoms with Gasteiger partial charge in [-0.15, -0.1) is 0 Å². The summed E-state index contributed by atoms with van der Waals surface area (Å²) >= 11 is 0. The molecule has 0 aliphatic carbocycles. The van der Waals surface area contributed by atoms with E-state index in [1.165, 1.54) is 10.6 Å². The lowest BCUT2D eigenvalue weighted by Gasteiger charge is -2.42. The van der Waals surface area contributed by atoms with Gasteiger partial charge in [-0.2, -0.15) is 14.9 Å². The van der Waals surface area contributed by atoms with Crippen molar-refractivity contribution in [2.45, 2.75) is 25.5 Å². The van der Waals surface area contributed by atoms with Crippen LogP contribution in [0.2, 0.25) is 0 Å². The molecular weight excluding hydrogens is 534 g/mol. The minimum Gasteiger partial charge on any atom is -0.491 e. The van der Waals surface area contributed by atoms with Crippen LogP contribution in [0.4, 0.5) is 26.1 Å². The Hall–Kier alpha value is -4.38. The summed E-state index contributed by atoms with van der Waals surface area (Å²) in [6, 6.07) is 8.98. The van der Waals surface area contributed by atoms with Crippen molar-refractivity contribution in [1.82, 2.24) is 19.6 Å². The van der Waals surface area contributed by atoms with Gasteiger partial charge >= 0.3 is 0 Å². The van der Waals surface area contributed by atoms with E-state index in [-0.39, 0.29) is 48.3 Å². The summed E-state index contributed by atoms with van der Waals surface area (Å²) in [7, 11) is 0. The quantitative estimate of drug-likeness (QED) is 0.245. The molecule has 41 heavy (non-hydrogen) atoms. The molecule has 11 nitrogen and oxygen atoms in total. The Morgan fingerprint density at radius 1 is 1.17 bits per heavy atom. The van der Waals surface area contributed by atoms with Gasteiger partial charge in [-0.1, -0.05) is 6.92 Å². The van der Waals surface area contributed by atoms with E-state index in [1.54, 1.807) is 24.7 Å². The first-order valence-electron chi connectivity index (χ1n) is 13.2.